The first-order chi connectivity index (χ1) is 16.6. The molecule has 190 valence electrons. The summed E-state index contributed by atoms with van der Waals surface area (Å²) in [4.78, 5) is 2.11. The first-order valence-corrected chi connectivity index (χ1v) is 11.9. The zero-order valence-electron chi connectivity index (χ0n) is 21.1. The van der Waals surface area contributed by atoms with Gasteiger partial charge >= 0.3 is 0 Å². The standard InChI is InChI=1S/C27H35F2N3O3/c1-6-14-32(16-21(33)18-34-27(2,3)4)17-22-25(19-10-8-7-9-11-19)30-31(5)26(22)35-24-13-12-20(28)15-23(24)29/h7-13,15,21,33H,6,14,16-18H2,1-5H3. The predicted molar refractivity (Wildman–Crippen MR) is 132 cm³/mol. The Bertz CT molecular complexity index is 1100. The molecule has 0 saturated carbocycles. The summed E-state index contributed by atoms with van der Waals surface area (Å²) in [5.74, 6) is -1.20. The predicted octanol–water partition coefficient (Wildman–Crippen LogP) is 5.55. The molecule has 1 heterocycles. The van der Waals surface area contributed by atoms with Crippen LogP contribution in [0.4, 0.5) is 8.78 Å². The highest BCUT2D eigenvalue weighted by atomic mass is 19.1. The first kappa shape index (κ1) is 26.8. The van der Waals surface area contributed by atoms with Crippen LogP contribution in [-0.2, 0) is 18.3 Å². The Kier molecular flexibility index (Phi) is 8.99. The first-order valence-electron chi connectivity index (χ1n) is 11.9. The molecule has 0 spiro atoms. The van der Waals surface area contributed by atoms with E-state index >= 15 is 0 Å². The average molecular weight is 488 g/mol. The van der Waals surface area contributed by atoms with Gasteiger partial charge in [0.1, 0.15) is 11.5 Å². The number of nitrogens with zero attached hydrogens (tertiary/aromatic N) is 3. The van der Waals surface area contributed by atoms with Crippen LogP contribution in [0.25, 0.3) is 11.3 Å². The van der Waals surface area contributed by atoms with E-state index in [9.17, 15) is 13.9 Å². The molecule has 0 aliphatic carbocycles. The van der Waals surface area contributed by atoms with Crippen molar-refractivity contribution in [2.75, 3.05) is 19.7 Å². The van der Waals surface area contributed by atoms with Crippen molar-refractivity contribution in [2.24, 2.45) is 7.05 Å². The van der Waals surface area contributed by atoms with Crippen molar-refractivity contribution in [3.63, 3.8) is 0 Å². The molecular weight excluding hydrogens is 452 g/mol. The maximum absolute atomic E-state index is 14.4. The zero-order valence-corrected chi connectivity index (χ0v) is 21.1. The molecule has 35 heavy (non-hydrogen) atoms. The van der Waals surface area contributed by atoms with Gasteiger partial charge in [0.25, 0.3) is 0 Å². The lowest BCUT2D eigenvalue weighted by Crippen LogP contribution is -2.37. The summed E-state index contributed by atoms with van der Waals surface area (Å²) in [6.45, 7) is 9.65. The molecule has 1 N–H and O–H groups in total. The highest BCUT2D eigenvalue weighted by Gasteiger charge is 2.24. The van der Waals surface area contributed by atoms with Crippen molar-refractivity contribution < 1.29 is 23.4 Å². The number of aryl methyl sites for hydroxylation is 1. The molecule has 6 nitrogen and oxygen atoms in total. The maximum Gasteiger partial charge on any atom is 0.222 e. The van der Waals surface area contributed by atoms with Crippen molar-refractivity contribution in [3.8, 4) is 22.9 Å². The number of hydrogen-bond acceptors (Lipinski definition) is 5. The lowest BCUT2D eigenvalue weighted by Gasteiger charge is -2.27. The summed E-state index contributed by atoms with van der Waals surface area (Å²) >= 11 is 0. The monoisotopic (exact) mass is 487 g/mol. The SMILES string of the molecule is CCCN(Cc1c(-c2ccccc2)nn(C)c1Oc1ccc(F)cc1F)CC(O)COC(C)(C)C. The Balaban J connectivity index is 1.94. The van der Waals surface area contributed by atoms with Crippen molar-refractivity contribution in [3.05, 3.63) is 65.7 Å². The van der Waals surface area contributed by atoms with Crippen LogP contribution in [0.2, 0.25) is 0 Å². The van der Waals surface area contributed by atoms with Gasteiger partial charge in [0.15, 0.2) is 11.6 Å². The van der Waals surface area contributed by atoms with E-state index in [1.54, 1.807) is 11.7 Å². The van der Waals surface area contributed by atoms with Crippen molar-refractivity contribution in [2.45, 2.75) is 52.4 Å². The molecule has 1 unspecified atom stereocenters. The van der Waals surface area contributed by atoms with E-state index in [1.807, 2.05) is 51.1 Å². The summed E-state index contributed by atoms with van der Waals surface area (Å²) < 4.78 is 41.1. The Labute approximate surface area is 206 Å². The number of ether oxygens (including phenoxy) is 2. The minimum absolute atomic E-state index is 0.0871. The van der Waals surface area contributed by atoms with Crippen LogP contribution in [0.3, 0.4) is 0 Å². The number of aliphatic hydroxyl groups is 1. The Morgan fingerprint density at radius 3 is 2.46 bits per heavy atom. The van der Waals surface area contributed by atoms with E-state index in [4.69, 9.17) is 9.47 Å². The Morgan fingerprint density at radius 1 is 1.11 bits per heavy atom. The lowest BCUT2D eigenvalue weighted by molar-refractivity contribution is -0.0566. The third kappa shape index (κ3) is 7.59. The normalized spacial score (nSPS) is 12.8. The zero-order chi connectivity index (χ0) is 25.6. The van der Waals surface area contributed by atoms with Gasteiger partial charge in [0.05, 0.1) is 23.9 Å². The van der Waals surface area contributed by atoms with Crippen molar-refractivity contribution >= 4 is 0 Å². The van der Waals surface area contributed by atoms with E-state index in [0.717, 1.165) is 36.2 Å². The number of aromatic nitrogens is 2. The summed E-state index contributed by atoms with van der Waals surface area (Å²) in [5, 5.41) is 15.3. The Hall–Kier alpha value is -2.81. The second-order valence-corrected chi connectivity index (χ2v) is 9.61. The molecule has 0 fully saturated rings. The molecule has 0 bridgehead atoms. The minimum Gasteiger partial charge on any atom is -0.436 e. The van der Waals surface area contributed by atoms with Gasteiger partial charge in [-0.25, -0.2) is 13.5 Å². The van der Waals surface area contributed by atoms with Crippen LogP contribution >= 0.6 is 0 Å². The van der Waals surface area contributed by atoms with Crippen LogP contribution in [-0.4, -0.2) is 51.2 Å². The molecule has 0 radical (unpaired) electrons. The van der Waals surface area contributed by atoms with Gasteiger partial charge in [-0.05, 0) is 45.9 Å². The van der Waals surface area contributed by atoms with Gasteiger partial charge < -0.3 is 14.6 Å². The molecular formula is C27H35F2N3O3. The van der Waals surface area contributed by atoms with Crippen LogP contribution in [0.15, 0.2) is 48.5 Å². The second kappa shape index (κ2) is 11.7. The highest BCUT2D eigenvalue weighted by Crippen LogP contribution is 2.35. The molecule has 8 heteroatoms. The van der Waals surface area contributed by atoms with Gasteiger partial charge in [0.2, 0.25) is 5.88 Å². The van der Waals surface area contributed by atoms with Crippen LogP contribution in [0.5, 0.6) is 11.6 Å². The second-order valence-electron chi connectivity index (χ2n) is 9.61. The van der Waals surface area contributed by atoms with Crippen LogP contribution in [0.1, 0.15) is 39.7 Å². The number of aliphatic hydroxyl groups excluding tert-OH is 1. The molecule has 0 amide bonds. The molecule has 1 aromatic heterocycles. The van der Waals surface area contributed by atoms with E-state index in [-0.39, 0.29) is 18.0 Å². The molecule has 3 aromatic rings. The third-order valence-corrected chi connectivity index (χ3v) is 5.33. The maximum atomic E-state index is 14.4. The molecule has 3 rings (SSSR count). The van der Waals surface area contributed by atoms with E-state index in [2.05, 4.69) is 16.9 Å². The van der Waals surface area contributed by atoms with E-state index in [1.165, 1.54) is 6.07 Å². The van der Waals surface area contributed by atoms with Gasteiger partial charge in [-0.15, -0.1) is 0 Å². The highest BCUT2D eigenvalue weighted by molar-refractivity contribution is 5.65. The smallest absolute Gasteiger partial charge is 0.222 e. The van der Waals surface area contributed by atoms with Gasteiger partial charge in [-0.3, -0.25) is 4.90 Å². The largest absolute Gasteiger partial charge is 0.436 e. The number of benzene rings is 2. The number of rotatable bonds is 11. The summed E-state index contributed by atoms with van der Waals surface area (Å²) in [6, 6.07) is 12.9. The fourth-order valence-corrected chi connectivity index (χ4v) is 3.78. The van der Waals surface area contributed by atoms with Crippen molar-refractivity contribution in [1.82, 2.24) is 14.7 Å². The fourth-order valence-electron chi connectivity index (χ4n) is 3.78. The Morgan fingerprint density at radius 2 is 1.83 bits per heavy atom. The summed E-state index contributed by atoms with van der Waals surface area (Å²) in [5.41, 5.74) is 1.99. The minimum atomic E-state index is -0.793. The number of halogens is 2. The molecule has 2 aromatic carbocycles. The number of hydrogen-bond donors (Lipinski definition) is 1. The topological polar surface area (TPSA) is 59.8 Å². The van der Waals surface area contributed by atoms with E-state index in [0.29, 0.717) is 24.7 Å². The molecule has 0 aliphatic rings. The third-order valence-electron chi connectivity index (χ3n) is 5.33. The summed E-state index contributed by atoms with van der Waals surface area (Å²) in [7, 11) is 1.73. The van der Waals surface area contributed by atoms with Crippen LogP contribution in [0, 0.1) is 11.6 Å². The quantitative estimate of drug-likeness (QED) is 0.385. The van der Waals surface area contributed by atoms with Crippen molar-refractivity contribution in [1.29, 1.82) is 0 Å². The molecule has 1 atom stereocenters. The van der Waals surface area contributed by atoms with Gasteiger partial charge in [0, 0.05) is 31.8 Å². The van der Waals surface area contributed by atoms with Gasteiger partial charge in [-0.2, -0.15) is 5.10 Å². The molecule has 0 saturated heterocycles. The summed E-state index contributed by atoms with van der Waals surface area (Å²) in [6.07, 6.45) is 0.188. The average Bonchev–Trinajstić information content (AvgIpc) is 3.09. The fraction of sp³-hybridized carbons (Fsp3) is 0.444. The van der Waals surface area contributed by atoms with Gasteiger partial charge in [-0.1, -0.05) is 37.3 Å². The molecule has 0 aliphatic heterocycles. The van der Waals surface area contributed by atoms with E-state index < -0.39 is 17.7 Å². The lowest BCUT2D eigenvalue weighted by atomic mass is 10.1. The van der Waals surface area contributed by atoms with Crippen LogP contribution < -0.4 is 4.74 Å².